The number of carbonyl (C=O) groups is 1. The van der Waals surface area contributed by atoms with Gasteiger partial charge in [0.25, 0.3) is 0 Å². The summed E-state index contributed by atoms with van der Waals surface area (Å²) in [6.07, 6.45) is 0. The zero-order valence-corrected chi connectivity index (χ0v) is 25.2. The summed E-state index contributed by atoms with van der Waals surface area (Å²) in [6, 6.07) is 24.7. The Morgan fingerprint density at radius 3 is 1.48 bits per heavy atom. The van der Waals surface area contributed by atoms with Crippen LogP contribution in [-0.4, -0.2) is 33.8 Å². The molecule has 5 nitrogen and oxygen atoms in total. The Kier molecular flexibility index (Phi) is 8.66. The molecule has 4 rings (SSSR count). The second-order valence-electron chi connectivity index (χ2n) is 10.8. The SMILES string of the molecule is Cc1cc(C)nc2ccccc2nc(C)c(C(=O)c2ccc(C#C[Si](C)(C)C)cc2)c(C)nc2ccccc2n1. The minimum Gasteiger partial charge on any atom is -0.288 e. The number of benzene rings is 3. The number of fused-ring (bicyclic) bond motifs is 2. The van der Waals surface area contributed by atoms with E-state index in [2.05, 4.69) is 31.1 Å². The van der Waals surface area contributed by atoms with E-state index in [4.69, 9.17) is 19.9 Å². The first kappa shape index (κ1) is 28.5. The highest BCUT2D eigenvalue weighted by Gasteiger charge is 2.16. The number of hydrogen-bond donors (Lipinski definition) is 0. The van der Waals surface area contributed by atoms with Crippen LogP contribution in [0.25, 0.3) is 22.1 Å². The van der Waals surface area contributed by atoms with Crippen molar-refractivity contribution in [2.45, 2.75) is 47.3 Å². The second kappa shape index (κ2) is 12.1. The van der Waals surface area contributed by atoms with Gasteiger partial charge in [0, 0.05) is 22.5 Å². The van der Waals surface area contributed by atoms with E-state index in [9.17, 15) is 4.79 Å². The quantitative estimate of drug-likeness (QED) is 0.149. The van der Waals surface area contributed by atoms with Crippen molar-refractivity contribution in [2.24, 2.45) is 0 Å². The van der Waals surface area contributed by atoms with Gasteiger partial charge in [-0.25, -0.2) is 0 Å². The summed E-state index contributed by atoms with van der Waals surface area (Å²) in [7, 11) is -1.50. The molecule has 0 aliphatic rings. The molecule has 40 heavy (non-hydrogen) atoms. The topological polar surface area (TPSA) is 68.6 Å². The van der Waals surface area contributed by atoms with Crippen LogP contribution in [0.4, 0.5) is 0 Å². The highest BCUT2D eigenvalue weighted by Crippen LogP contribution is 2.18. The van der Waals surface area contributed by atoms with Crippen molar-refractivity contribution in [1.82, 2.24) is 19.9 Å². The predicted octanol–water partition coefficient (Wildman–Crippen LogP) is 7.52. The maximum atomic E-state index is 14.0. The fraction of sp³-hybridized carbons (Fsp3) is 0.206. The van der Waals surface area contributed by atoms with Gasteiger partial charge in [-0.15, -0.1) is 5.54 Å². The molecule has 0 unspecified atom stereocenters. The second-order valence-corrected chi connectivity index (χ2v) is 15.6. The third-order valence-electron chi connectivity index (χ3n) is 6.03. The van der Waals surface area contributed by atoms with Gasteiger partial charge in [-0.3, -0.25) is 24.7 Å². The third-order valence-corrected chi connectivity index (χ3v) is 6.91. The molecule has 0 aliphatic carbocycles. The molecule has 0 aliphatic heterocycles. The molecule has 0 bridgehead atoms. The standard InChI is InChI=1S/C34H34N4OSi/c1-23-22-24(2)36-30-13-9-11-15-32(30)38-26(4)33(25(3)37-31-14-10-8-12-29(31)35-23)34(39)28-18-16-27(17-19-28)20-21-40(5,6)7/h8-19,22H,1-7H3. The van der Waals surface area contributed by atoms with Gasteiger partial charge in [-0.1, -0.05) is 49.8 Å². The Morgan fingerprint density at radius 1 is 0.625 bits per heavy atom. The molecule has 0 saturated heterocycles. The fourth-order valence-electron chi connectivity index (χ4n) is 4.23. The zero-order chi connectivity index (χ0) is 28.9. The van der Waals surface area contributed by atoms with Crippen molar-refractivity contribution in [3.8, 4) is 11.5 Å². The molecule has 0 N–H and O–H groups in total. The predicted molar refractivity (Wildman–Crippen MR) is 167 cm³/mol. The van der Waals surface area contributed by atoms with Gasteiger partial charge in [0.2, 0.25) is 0 Å². The van der Waals surface area contributed by atoms with Crippen molar-refractivity contribution >= 4 is 35.9 Å². The van der Waals surface area contributed by atoms with E-state index < -0.39 is 8.07 Å². The smallest absolute Gasteiger partial charge is 0.196 e. The fourth-order valence-corrected chi connectivity index (χ4v) is 4.75. The molecule has 1 heterocycles. The largest absolute Gasteiger partial charge is 0.288 e. The van der Waals surface area contributed by atoms with Crippen molar-refractivity contribution in [3.63, 3.8) is 0 Å². The van der Waals surface area contributed by atoms with E-state index >= 15 is 0 Å². The average Bonchev–Trinajstić information content (AvgIpc) is 2.89. The highest BCUT2D eigenvalue weighted by atomic mass is 28.3. The van der Waals surface area contributed by atoms with Gasteiger partial charge in [0.15, 0.2) is 5.78 Å². The lowest BCUT2D eigenvalue weighted by molar-refractivity contribution is 0.103. The molecule has 0 spiro atoms. The van der Waals surface area contributed by atoms with Crippen molar-refractivity contribution in [3.05, 3.63) is 118 Å². The molecule has 3 aromatic carbocycles. The molecule has 0 amide bonds. The van der Waals surface area contributed by atoms with E-state index in [0.29, 0.717) is 44.6 Å². The van der Waals surface area contributed by atoms with E-state index in [1.807, 2.05) is 107 Å². The van der Waals surface area contributed by atoms with Crippen LogP contribution >= 0.6 is 0 Å². The van der Waals surface area contributed by atoms with Gasteiger partial charge >= 0.3 is 0 Å². The molecule has 4 aromatic rings. The van der Waals surface area contributed by atoms with Crippen molar-refractivity contribution in [1.29, 1.82) is 0 Å². The number of nitrogens with zero attached hydrogens (tertiary/aromatic N) is 4. The van der Waals surface area contributed by atoms with E-state index in [1.54, 1.807) is 0 Å². The molecular weight excluding hydrogens is 508 g/mol. The monoisotopic (exact) mass is 542 g/mol. The Bertz CT molecular complexity index is 1710. The Labute approximate surface area is 237 Å². The number of rotatable bonds is 2. The van der Waals surface area contributed by atoms with Gasteiger partial charge in [-0.2, -0.15) is 0 Å². The number of hydrogen-bond acceptors (Lipinski definition) is 5. The van der Waals surface area contributed by atoms with Crippen LogP contribution in [0.15, 0.2) is 78.9 Å². The summed E-state index contributed by atoms with van der Waals surface area (Å²) in [5.74, 6) is 3.10. The summed E-state index contributed by atoms with van der Waals surface area (Å²) in [5, 5.41) is 0. The lowest BCUT2D eigenvalue weighted by Gasteiger charge is -2.07. The van der Waals surface area contributed by atoms with Gasteiger partial charge in [0.1, 0.15) is 8.07 Å². The lowest BCUT2D eigenvalue weighted by atomic mass is 10.00. The van der Waals surface area contributed by atoms with E-state index in [0.717, 1.165) is 17.0 Å². The number of aromatic nitrogens is 4. The van der Waals surface area contributed by atoms with Crippen LogP contribution in [0.5, 0.6) is 0 Å². The van der Waals surface area contributed by atoms with Gasteiger partial charge < -0.3 is 0 Å². The van der Waals surface area contributed by atoms with Gasteiger partial charge in [-0.05, 0) is 82.3 Å². The average molecular weight is 543 g/mol. The minimum atomic E-state index is -1.50. The Balaban J connectivity index is 2.04. The maximum absolute atomic E-state index is 14.0. The van der Waals surface area contributed by atoms with Crippen LogP contribution in [0.2, 0.25) is 19.6 Å². The van der Waals surface area contributed by atoms with Crippen LogP contribution in [0.1, 0.15) is 44.3 Å². The van der Waals surface area contributed by atoms with E-state index in [-0.39, 0.29) is 5.78 Å². The number of aryl methyl sites for hydroxylation is 4. The Hall–Kier alpha value is -4.47. The summed E-state index contributed by atoms with van der Waals surface area (Å²) >= 11 is 0. The minimum absolute atomic E-state index is 0.151. The first-order valence-corrected chi connectivity index (χ1v) is 16.8. The van der Waals surface area contributed by atoms with E-state index in [1.165, 1.54) is 0 Å². The van der Waals surface area contributed by atoms with Crippen LogP contribution in [0.3, 0.4) is 0 Å². The molecule has 0 radical (unpaired) electrons. The first-order valence-electron chi connectivity index (χ1n) is 13.3. The summed E-state index contributed by atoms with van der Waals surface area (Å²) in [6.45, 7) is 14.2. The molecule has 6 heteroatoms. The zero-order valence-electron chi connectivity index (χ0n) is 24.2. The summed E-state index contributed by atoms with van der Waals surface area (Å²) < 4.78 is 0. The number of para-hydroxylation sites is 4. The number of ketones is 1. The van der Waals surface area contributed by atoms with Crippen molar-refractivity contribution in [2.75, 3.05) is 0 Å². The maximum Gasteiger partial charge on any atom is 0.196 e. The van der Waals surface area contributed by atoms with Gasteiger partial charge in [0.05, 0.1) is 39.0 Å². The first-order chi connectivity index (χ1) is 19.0. The molecule has 0 atom stereocenters. The normalized spacial score (nSPS) is 10.8. The lowest BCUT2D eigenvalue weighted by Crippen LogP contribution is -2.16. The molecule has 1 aromatic heterocycles. The number of carbonyl (C=O) groups excluding carboxylic acids is 1. The van der Waals surface area contributed by atoms with Crippen molar-refractivity contribution < 1.29 is 4.79 Å². The Morgan fingerprint density at radius 2 is 1.05 bits per heavy atom. The highest BCUT2D eigenvalue weighted by molar-refractivity contribution is 6.83. The van der Waals surface area contributed by atoms with Crippen LogP contribution < -0.4 is 0 Å². The van der Waals surface area contributed by atoms with Crippen LogP contribution in [0, 0.1) is 39.2 Å². The van der Waals surface area contributed by atoms with Crippen LogP contribution in [-0.2, 0) is 0 Å². The summed E-state index contributed by atoms with van der Waals surface area (Å²) in [4.78, 5) is 33.4. The molecule has 200 valence electrons. The molecular formula is C34H34N4OSi. The summed E-state index contributed by atoms with van der Waals surface area (Å²) in [5.41, 5.74) is 10.8. The molecule has 0 saturated carbocycles. The third kappa shape index (κ3) is 7.34. The molecule has 0 fully saturated rings.